The third kappa shape index (κ3) is 4.12. The summed E-state index contributed by atoms with van der Waals surface area (Å²) in [7, 11) is 0. The molecule has 150 valence electrons. The lowest BCUT2D eigenvalue weighted by Crippen LogP contribution is -2.27. The average Bonchev–Trinajstić information content (AvgIpc) is 2.75. The normalized spacial score (nSPS) is 25.0. The van der Waals surface area contributed by atoms with Crippen molar-refractivity contribution < 1.29 is 0 Å². The summed E-state index contributed by atoms with van der Waals surface area (Å²) in [5.41, 5.74) is 7.40. The molecule has 3 heteroatoms. The molecule has 2 nitrogen and oxygen atoms in total. The van der Waals surface area contributed by atoms with Gasteiger partial charge in [0, 0.05) is 17.7 Å². The number of nitriles is 1. The van der Waals surface area contributed by atoms with Gasteiger partial charge in [-0.05, 0) is 60.8 Å². The van der Waals surface area contributed by atoms with Gasteiger partial charge >= 0.3 is 0 Å². The first kappa shape index (κ1) is 20.2. The van der Waals surface area contributed by atoms with Crippen molar-refractivity contribution in [1.82, 2.24) is 4.98 Å². The van der Waals surface area contributed by atoms with Gasteiger partial charge in [-0.25, -0.2) is 0 Å². The fraction of sp³-hybridized carbons (Fsp3) is 0.462. The number of allylic oxidation sites excluding steroid dienone is 8. The number of halogens is 1. The molecule has 2 unspecified atom stereocenters. The molecule has 1 aromatic rings. The fourth-order valence-electron chi connectivity index (χ4n) is 5.13. The lowest BCUT2D eigenvalue weighted by molar-refractivity contribution is 0.180. The van der Waals surface area contributed by atoms with Gasteiger partial charge in [0.2, 0.25) is 0 Å². The van der Waals surface area contributed by atoms with Gasteiger partial charge in [-0.15, -0.1) is 0 Å². The van der Waals surface area contributed by atoms with Crippen LogP contribution in [-0.2, 0) is 0 Å². The van der Waals surface area contributed by atoms with Crippen LogP contribution in [0.4, 0.5) is 0 Å². The van der Waals surface area contributed by atoms with Crippen LogP contribution in [0.2, 0.25) is 5.02 Å². The zero-order valence-electron chi connectivity index (χ0n) is 17.4. The van der Waals surface area contributed by atoms with Crippen molar-refractivity contribution in [2.24, 2.45) is 11.8 Å². The summed E-state index contributed by atoms with van der Waals surface area (Å²) in [4.78, 5) is 4.79. The highest BCUT2D eigenvalue weighted by atomic mass is 35.5. The van der Waals surface area contributed by atoms with Crippen molar-refractivity contribution in [1.29, 1.82) is 5.26 Å². The monoisotopic (exact) mass is 404 g/mol. The molecule has 0 bridgehead atoms. The molecule has 1 fully saturated rings. The molecule has 0 saturated heterocycles. The van der Waals surface area contributed by atoms with Crippen LogP contribution in [0.1, 0.15) is 76.0 Å². The molecule has 0 spiro atoms. The van der Waals surface area contributed by atoms with E-state index < -0.39 is 0 Å². The van der Waals surface area contributed by atoms with Crippen LogP contribution in [0.25, 0.3) is 5.57 Å². The first-order valence-corrected chi connectivity index (χ1v) is 11.3. The number of hydrogen-bond acceptors (Lipinski definition) is 2. The third-order valence-corrected chi connectivity index (χ3v) is 7.20. The second-order valence-corrected chi connectivity index (χ2v) is 9.21. The molecular formula is C26H29ClN2. The van der Waals surface area contributed by atoms with E-state index >= 15 is 0 Å². The molecule has 0 N–H and O–H groups in total. The van der Waals surface area contributed by atoms with Crippen LogP contribution < -0.4 is 0 Å². The summed E-state index contributed by atoms with van der Waals surface area (Å²) in [6, 6.07) is 4.48. The van der Waals surface area contributed by atoms with Crippen LogP contribution >= 0.6 is 11.6 Å². The van der Waals surface area contributed by atoms with Gasteiger partial charge in [0.25, 0.3) is 0 Å². The van der Waals surface area contributed by atoms with Gasteiger partial charge in [-0.1, -0.05) is 67.7 Å². The highest BCUT2D eigenvalue weighted by molar-refractivity contribution is 6.30. The molecule has 0 amide bonds. The van der Waals surface area contributed by atoms with Crippen molar-refractivity contribution in [3.05, 3.63) is 69.6 Å². The van der Waals surface area contributed by atoms with E-state index in [0.29, 0.717) is 23.3 Å². The lowest BCUT2D eigenvalue weighted by atomic mass is 9.68. The minimum Gasteiger partial charge on any atom is -0.259 e. The van der Waals surface area contributed by atoms with Crippen molar-refractivity contribution in [2.75, 3.05) is 0 Å². The van der Waals surface area contributed by atoms with Crippen LogP contribution in [0.3, 0.4) is 0 Å². The number of aromatic nitrogens is 1. The number of fused-ring (bicyclic) bond motifs is 1. The second-order valence-electron chi connectivity index (χ2n) is 8.77. The van der Waals surface area contributed by atoms with Crippen molar-refractivity contribution in [3.63, 3.8) is 0 Å². The zero-order chi connectivity index (χ0) is 20.4. The largest absolute Gasteiger partial charge is 0.259 e. The number of rotatable bonds is 3. The van der Waals surface area contributed by atoms with E-state index in [4.69, 9.17) is 16.6 Å². The van der Waals surface area contributed by atoms with Gasteiger partial charge < -0.3 is 0 Å². The van der Waals surface area contributed by atoms with Crippen molar-refractivity contribution in [2.45, 2.75) is 64.7 Å². The topological polar surface area (TPSA) is 36.7 Å². The molecule has 3 aliphatic rings. The minimum atomic E-state index is 0.380. The summed E-state index contributed by atoms with van der Waals surface area (Å²) in [5, 5.41) is 10.3. The first-order chi connectivity index (χ1) is 14.1. The van der Waals surface area contributed by atoms with E-state index in [1.165, 1.54) is 36.0 Å². The highest BCUT2D eigenvalue weighted by Crippen LogP contribution is 2.50. The van der Waals surface area contributed by atoms with Crippen LogP contribution in [0, 0.1) is 23.2 Å². The molecule has 29 heavy (non-hydrogen) atoms. The maximum atomic E-state index is 9.68. The molecule has 0 aromatic carbocycles. The first-order valence-electron chi connectivity index (χ1n) is 10.9. The maximum Gasteiger partial charge on any atom is 0.0670 e. The number of nitrogens with zero attached hydrogens (tertiary/aromatic N) is 2. The summed E-state index contributed by atoms with van der Waals surface area (Å²) >= 11 is 6.38. The van der Waals surface area contributed by atoms with Gasteiger partial charge in [-0.3, -0.25) is 4.98 Å². The Labute approximate surface area is 179 Å². The Morgan fingerprint density at radius 3 is 2.83 bits per heavy atom. The Morgan fingerprint density at radius 2 is 2.10 bits per heavy atom. The Bertz CT molecular complexity index is 953. The molecule has 3 aliphatic carbocycles. The van der Waals surface area contributed by atoms with Gasteiger partial charge in [0.1, 0.15) is 0 Å². The predicted octanol–water partition coefficient (Wildman–Crippen LogP) is 7.55. The van der Waals surface area contributed by atoms with E-state index in [9.17, 15) is 5.26 Å². The molecule has 1 heterocycles. The fourth-order valence-corrected chi connectivity index (χ4v) is 5.29. The molecule has 0 radical (unpaired) electrons. The third-order valence-electron chi connectivity index (χ3n) is 7.00. The average molecular weight is 405 g/mol. The van der Waals surface area contributed by atoms with Crippen LogP contribution in [0.15, 0.2) is 53.3 Å². The second kappa shape index (κ2) is 8.72. The van der Waals surface area contributed by atoms with Gasteiger partial charge in [-0.2, -0.15) is 5.26 Å². The highest BCUT2D eigenvalue weighted by Gasteiger charge is 2.37. The Balaban J connectivity index is 1.90. The molecular weight excluding hydrogens is 376 g/mol. The summed E-state index contributed by atoms with van der Waals surface area (Å²) in [5.74, 6) is 1.72. The zero-order valence-corrected chi connectivity index (χ0v) is 18.2. The lowest BCUT2D eigenvalue weighted by Gasteiger charge is -2.37. The predicted molar refractivity (Wildman–Crippen MR) is 120 cm³/mol. The summed E-state index contributed by atoms with van der Waals surface area (Å²) in [6.45, 7) is 4.47. The minimum absolute atomic E-state index is 0.380. The Kier molecular flexibility index (Phi) is 6.07. The van der Waals surface area contributed by atoms with E-state index in [0.717, 1.165) is 42.0 Å². The molecule has 2 atom stereocenters. The quantitative estimate of drug-likeness (QED) is 0.521. The SMILES string of the molecule is CC1=CC=C(C2=C(CC#N)c3cc(Cl)cnc3C(C)C(C3CCC3)C2)CCC=C1. The standard InChI is InChI=1S/C26H29ClN2/c1-17-6-3-4-7-20(11-10-17)24-15-23(19-8-5-9-19)18(2)26-25(22(24)12-13-28)14-21(27)16-29-26/h3,6,10-11,14,16,18-19,23H,4-5,7-9,12,15H2,1-2H3. The van der Waals surface area contributed by atoms with Crippen molar-refractivity contribution >= 4 is 17.2 Å². The van der Waals surface area contributed by atoms with E-state index in [2.05, 4.69) is 44.2 Å². The molecule has 1 aromatic heterocycles. The summed E-state index contributed by atoms with van der Waals surface area (Å²) < 4.78 is 0. The van der Waals surface area contributed by atoms with Crippen LogP contribution in [-0.4, -0.2) is 4.98 Å². The van der Waals surface area contributed by atoms with E-state index in [-0.39, 0.29) is 0 Å². The maximum absolute atomic E-state index is 9.68. The molecule has 4 rings (SSSR count). The number of pyridine rings is 1. The Morgan fingerprint density at radius 1 is 1.28 bits per heavy atom. The van der Waals surface area contributed by atoms with E-state index in [1.807, 2.05) is 6.07 Å². The number of hydrogen-bond donors (Lipinski definition) is 0. The van der Waals surface area contributed by atoms with Gasteiger partial charge in [0.05, 0.1) is 23.2 Å². The van der Waals surface area contributed by atoms with E-state index in [1.54, 1.807) is 6.20 Å². The van der Waals surface area contributed by atoms with Crippen LogP contribution in [0.5, 0.6) is 0 Å². The summed E-state index contributed by atoms with van der Waals surface area (Å²) in [6.07, 6.45) is 18.2. The van der Waals surface area contributed by atoms with Crippen molar-refractivity contribution in [3.8, 4) is 6.07 Å². The Hall–Kier alpha value is -2.11. The smallest absolute Gasteiger partial charge is 0.0670 e. The van der Waals surface area contributed by atoms with Gasteiger partial charge in [0.15, 0.2) is 0 Å². The molecule has 0 aliphatic heterocycles. The molecule has 1 saturated carbocycles.